The molecule has 0 bridgehead atoms. The van der Waals surface area contributed by atoms with Crippen LogP contribution in [-0.2, 0) is 6.54 Å². The number of nitrogens with two attached hydrogens (primary N) is 1. The molecule has 188 valence electrons. The van der Waals surface area contributed by atoms with Gasteiger partial charge in [0, 0.05) is 34.8 Å². The van der Waals surface area contributed by atoms with E-state index in [0.29, 0.717) is 39.9 Å². The maximum Gasteiger partial charge on any atom is 0.181 e. The largest absolute Gasteiger partial charge is 0.497 e. The van der Waals surface area contributed by atoms with Gasteiger partial charge in [-0.15, -0.1) is 0 Å². The summed E-state index contributed by atoms with van der Waals surface area (Å²) in [5, 5.41) is 16.8. The molecule has 0 saturated carbocycles. The number of pyridine rings is 2. The Hall–Kier alpha value is -3.70. The molecule has 11 heteroatoms. The number of aromatic nitrogens is 4. The number of hydrogen-bond acceptors (Lipinski definition) is 8. The van der Waals surface area contributed by atoms with Crippen molar-refractivity contribution in [1.29, 1.82) is 0 Å². The van der Waals surface area contributed by atoms with Crippen LogP contribution in [0.25, 0.3) is 28.2 Å². The number of nitrogen functional groups attached to an aromatic ring is 1. The lowest BCUT2D eigenvalue weighted by atomic mass is 10.2. The van der Waals surface area contributed by atoms with Crippen molar-refractivity contribution in [3.63, 3.8) is 0 Å². The van der Waals surface area contributed by atoms with Crippen molar-refractivity contribution in [3.05, 3.63) is 88.1 Å². The lowest BCUT2D eigenvalue weighted by molar-refractivity contribution is 0.163. The van der Waals surface area contributed by atoms with Crippen LogP contribution in [0.1, 0.15) is 5.56 Å². The van der Waals surface area contributed by atoms with Gasteiger partial charge in [-0.3, -0.25) is 9.88 Å². The number of benzene rings is 2. The van der Waals surface area contributed by atoms with Crippen LogP contribution in [0, 0.1) is 0 Å². The van der Waals surface area contributed by atoms with Crippen LogP contribution in [0.15, 0.2) is 77.5 Å². The van der Waals surface area contributed by atoms with E-state index in [9.17, 15) is 5.11 Å². The first-order valence-electron chi connectivity index (χ1n) is 11.3. The number of nitrogens with zero attached hydrogens (tertiary/aromatic N) is 4. The zero-order valence-electron chi connectivity index (χ0n) is 19.7. The number of ether oxygens (including phenoxy) is 1. The number of aliphatic hydroxyl groups is 1. The minimum Gasteiger partial charge on any atom is -0.497 e. The van der Waals surface area contributed by atoms with Crippen LogP contribution < -0.4 is 21.1 Å². The Balaban J connectivity index is 1.38. The first-order valence-corrected chi connectivity index (χ1v) is 12.4. The number of nitrogens with one attached hydrogen (secondary N) is 2. The van der Waals surface area contributed by atoms with Crippen molar-refractivity contribution in [2.45, 2.75) is 12.9 Å². The molecule has 1 atom stereocenters. The third kappa shape index (κ3) is 5.52. The first-order chi connectivity index (χ1) is 17.9. The number of aliphatic hydroxyl groups excluding tert-OH is 1. The summed E-state index contributed by atoms with van der Waals surface area (Å²) < 4.78 is 7.89. The highest BCUT2D eigenvalue weighted by molar-refractivity contribution is 9.10. The van der Waals surface area contributed by atoms with Crippen LogP contribution in [0.4, 0.5) is 11.5 Å². The van der Waals surface area contributed by atoms with Crippen molar-refractivity contribution in [3.8, 4) is 22.8 Å². The fourth-order valence-corrected chi connectivity index (χ4v) is 4.35. The molecule has 0 saturated heterocycles. The molecule has 0 aliphatic rings. The fraction of sp³-hybridized carbons (Fsp3) is 0.115. The highest BCUT2D eigenvalue weighted by Crippen LogP contribution is 2.32. The zero-order valence-corrected chi connectivity index (χ0v) is 22.0. The summed E-state index contributed by atoms with van der Waals surface area (Å²) in [5.41, 5.74) is 10.7. The van der Waals surface area contributed by atoms with Crippen LogP contribution >= 0.6 is 27.5 Å². The second-order valence-electron chi connectivity index (χ2n) is 8.18. The van der Waals surface area contributed by atoms with Gasteiger partial charge in [-0.2, -0.15) is 0 Å². The summed E-state index contributed by atoms with van der Waals surface area (Å²) in [6.45, 7) is 0.443. The molecule has 5 rings (SSSR count). The smallest absolute Gasteiger partial charge is 0.181 e. The molecule has 2 aromatic carbocycles. The minimum atomic E-state index is -0.932. The van der Waals surface area contributed by atoms with Gasteiger partial charge in [0.25, 0.3) is 0 Å². The maximum atomic E-state index is 10.3. The topological polar surface area (TPSA) is 123 Å². The monoisotopic (exact) mass is 579 g/mol. The van der Waals surface area contributed by atoms with E-state index in [4.69, 9.17) is 27.1 Å². The minimum absolute atomic E-state index is 0.319. The van der Waals surface area contributed by atoms with Gasteiger partial charge < -0.3 is 20.9 Å². The number of anilines is 2. The van der Waals surface area contributed by atoms with Crippen molar-refractivity contribution in [2.75, 3.05) is 18.2 Å². The molecule has 0 aliphatic carbocycles. The summed E-state index contributed by atoms with van der Waals surface area (Å²) in [6, 6.07) is 18.8. The molecule has 5 N–H and O–H groups in total. The standard InChI is InChI=1S/C26H23BrClN7O2/c1-37-20-8-4-18(5-9-20)33-26(36)32-12-15-2-6-19(7-3-15)35-24(21-11-17(28)14-30-23(21)29)34-22-10-16(27)13-31-25(22)35/h2-11,13-14,26,32-33,36H,12H2,1H3,(H2,29,30). The molecule has 1 unspecified atom stereocenters. The third-order valence-electron chi connectivity index (χ3n) is 5.68. The van der Waals surface area contributed by atoms with E-state index in [1.807, 2.05) is 59.2 Å². The average molecular weight is 581 g/mol. The van der Waals surface area contributed by atoms with Crippen LogP contribution in [0.5, 0.6) is 5.75 Å². The Morgan fingerprint density at radius 1 is 1.08 bits per heavy atom. The molecule has 0 fully saturated rings. The van der Waals surface area contributed by atoms with Gasteiger partial charge in [0.05, 0.1) is 17.7 Å². The lowest BCUT2D eigenvalue weighted by Crippen LogP contribution is -2.35. The highest BCUT2D eigenvalue weighted by Gasteiger charge is 2.19. The lowest BCUT2D eigenvalue weighted by Gasteiger charge is -2.16. The summed E-state index contributed by atoms with van der Waals surface area (Å²) in [7, 11) is 1.61. The van der Waals surface area contributed by atoms with Crippen molar-refractivity contribution in [2.24, 2.45) is 0 Å². The quantitative estimate of drug-likeness (QED) is 0.190. The summed E-state index contributed by atoms with van der Waals surface area (Å²) in [4.78, 5) is 13.6. The maximum absolute atomic E-state index is 10.3. The molecular weight excluding hydrogens is 558 g/mol. The van der Waals surface area contributed by atoms with Crippen molar-refractivity contribution in [1.82, 2.24) is 24.8 Å². The SMILES string of the molecule is COc1ccc(NC(O)NCc2ccc(-n3c(-c4cc(Cl)cnc4N)nc4cc(Br)cnc43)cc2)cc1. The normalized spacial score (nSPS) is 12.0. The highest BCUT2D eigenvalue weighted by atomic mass is 79.9. The Kier molecular flexibility index (Phi) is 7.24. The van der Waals surface area contributed by atoms with E-state index in [0.717, 1.165) is 27.2 Å². The molecule has 3 aromatic heterocycles. The molecule has 0 amide bonds. The summed E-state index contributed by atoms with van der Waals surface area (Å²) in [5.74, 6) is 1.65. The van der Waals surface area contributed by atoms with Gasteiger partial charge in [0.2, 0.25) is 0 Å². The molecule has 9 nitrogen and oxygen atoms in total. The van der Waals surface area contributed by atoms with Crippen LogP contribution in [0.2, 0.25) is 5.02 Å². The number of imidazole rings is 1. The number of halogens is 2. The predicted octanol–water partition coefficient (Wildman–Crippen LogP) is 4.97. The van der Waals surface area contributed by atoms with Gasteiger partial charge in [-0.1, -0.05) is 23.7 Å². The third-order valence-corrected chi connectivity index (χ3v) is 6.32. The predicted molar refractivity (Wildman–Crippen MR) is 149 cm³/mol. The molecule has 0 aliphatic heterocycles. The molecule has 5 aromatic rings. The average Bonchev–Trinajstić information content (AvgIpc) is 3.28. The van der Waals surface area contributed by atoms with Crippen LogP contribution in [-0.4, -0.2) is 38.1 Å². The van der Waals surface area contributed by atoms with E-state index < -0.39 is 6.35 Å². The van der Waals surface area contributed by atoms with Gasteiger partial charge >= 0.3 is 0 Å². The number of fused-ring (bicyclic) bond motifs is 1. The van der Waals surface area contributed by atoms with Crippen LogP contribution in [0.3, 0.4) is 0 Å². The molecular formula is C26H23BrClN7O2. The molecule has 3 heterocycles. The Labute approximate surface area is 226 Å². The van der Waals surface area contributed by atoms with E-state index in [-0.39, 0.29) is 0 Å². The number of hydrogen-bond donors (Lipinski definition) is 4. The zero-order chi connectivity index (χ0) is 25.9. The van der Waals surface area contributed by atoms with Gasteiger partial charge in [0.15, 0.2) is 17.8 Å². The number of methoxy groups -OCH3 is 1. The van der Waals surface area contributed by atoms with Gasteiger partial charge in [0.1, 0.15) is 17.1 Å². The second-order valence-corrected chi connectivity index (χ2v) is 9.53. The van der Waals surface area contributed by atoms with E-state index >= 15 is 0 Å². The van der Waals surface area contributed by atoms with E-state index in [2.05, 4.69) is 36.5 Å². The van der Waals surface area contributed by atoms with E-state index in [1.54, 1.807) is 19.4 Å². The molecule has 0 radical (unpaired) electrons. The molecule has 0 spiro atoms. The Morgan fingerprint density at radius 2 is 1.84 bits per heavy atom. The van der Waals surface area contributed by atoms with E-state index in [1.165, 1.54) is 6.20 Å². The Morgan fingerprint density at radius 3 is 2.57 bits per heavy atom. The second kappa shape index (κ2) is 10.7. The van der Waals surface area contributed by atoms with Gasteiger partial charge in [-0.25, -0.2) is 15.0 Å². The fourth-order valence-electron chi connectivity index (χ4n) is 3.87. The van der Waals surface area contributed by atoms with Crippen molar-refractivity contribution < 1.29 is 9.84 Å². The molecule has 37 heavy (non-hydrogen) atoms. The summed E-state index contributed by atoms with van der Waals surface area (Å²) >= 11 is 9.68. The first kappa shape index (κ1) is 25.0. The van der Waals surface area contributed by atoms with Gasteiger partial charge in [-0.05, 0) is 70.0 Å². The van der Waals surface area contributed by atoms with Crippen molar-refractivity contribution >= 4 is 50.2 Å². The summed E-state index contributed by atoms with van der Waals surface area (Å²) in [6.07, 6.45) is 2.29. The Bertz CT molecular complexity index is 1540. The number of rotatable bonds is 8.